The van der Waals surface area contributed by atoms with E-state index >= 15 is 0 Å². The molecule has 1 aliphatic rings. The van der Waals surface area contributed by atoms with Crippen LogP contribution in [0.15, 0.2) is 48.1 Å². The number of hydrogen-bond acceptors (Lipinski definition) is 9. The number of hydrogen-bond donors (Lipinski definition) is 2. The largest absolute Gasteiger partial charge is 0.350 e. The predicted molar refractivity (Wildman–Crippen MR) is 155 cm³/mol. The number of likely N-dealkylation sites (N-methyl/N-ethyl adjacent to an activating group) is 2. The van der Waals surface area contributed by atoms with Crippen LogP contribution in [0, 0.1) is 0 Å². The number of rotatable bonds is 10. The van der Waals surface area contributed by atoms with E-state index in [1.165, 1.54) is 7.05 Å². The smallest absolute Gasteiger partial charge is 0.268 e. The van der Waals surface area contributed by atoms with E-state index < -0.39 is 11.9 Å². The van der Waals surface area contributed by atoms with Gasteiger partial charge in [0.05, 0.1) is 28.0 Å². The van der Waals surface area contributed by atoms with Gasteiger partial charge >= 0.3 is 0 Å². The maximum absolute atomic E-state index is 13.4. The van der Waals surface area contributed by atoms with Crippen molar-refractivity contribution < 1.29 is 14.8 Å². The molecule has 0 saturated carbocycles. The van der Waals surface area contributed by atoms with Gasteiger partial charge in [0.2, 0.25) is 0 Å². The zero-order valence-electron chi connectivity index (χ0n) is 23.1. The molecular weight excluding hydrogens is 528 g/mol. The minimum absolute atomic E-state index is 0.177. The number of thiophene rings is 1. The molecule has 11 nitrogen and oxygen atoms in total. The van der Waals surface area contributed by atoms with Crippen molar-refractivity contribution in [2.45, 2.75) is 39.3 Å². The van der Waals surface area contributed by atoms with Gasteiger partial charge in [-0.15, -0.1) is 11.3 Å². The van der Waals surface area contributed by atoms with Gasteiger partial charge in [-0.3, -0.25) is 19.7 Å². The number of aromatic nitrogens is 4. The summed E-state index contributed by atoms with van der Waals surface area (Å²) in [7, 11) is 1.31. The second-order valence-electron chi connectivity index (χ2n) is 9.86. The molecule has 1 aliphatic heterocycles. The molecule has 1 fully saturated rings. The van der Waals surface area contributed by atoms with Gasteiger partial charge in [-0.2, -0.15) is 5.10 Å². The number of carbonyl (C=O) groups is 2. The Balaban J connectivity index is 1.53. The molecule has 2 N–H and O–H groups in total. The highest BCUT2D eigenvalue weighted by Gasteiger charge is 2.37. The van der Waals surface area contributed by atoms with E-state index in [2.05, 4.69) is 36.1 Å². The van der Waals surface area contributed by atoms with Crippen molar-refractivity contribution in [1.82, 2.24) is 34.9 Å². The molecule has 5 rings (SSSR count). The van der Waals surface area contributed by atoms with Crippen LogP contribution in [0.4, 0.5) is 5.82 Å². The van der Waals surface area contributed by atoms with Crippen molar-refractivity contribution in [3.8, 4) is 21.8 Å². The molecule has 1 saturated heterocycles. The molecule has 40 heavy (non-hydrogen) atoms. The number of nitrogens with one attached hydrogen (secondary N) is 1. The van der Waals surface area contributed by atoms with Crippen LogP contribution in [-0.4, -0.2) is 91.9 Å². The molecule has 2 amide bonds. The lowest BCUT2D eigenvalue weighted by atomic mass is 10.0. The summed E-state index contributed by atoms with van der Waals surface area (Å²) >= 11 is 1.60. The molecular formula is C28H34N8O3S. The fourth-order valence-corrected chi connectivity index (χ4v) is 5.69. The van der Waals surface area contributed by atoms with Gasteiger partial charge in [0.25, 0.3) is 11.8 Å². The topological polar surface area (TPSA) is 119 Å². The fraction of sp³-hybridized carbons (Fsp3) is 0.393. The summed E-state index contributed by atoms with van der Waals surface area (Å²) in [6.07, 6.45) is 4.13. The highest BCUT2D eigenvalue weighted by atomic mass is 32.1. The van der Waals surface area contributed by atoms with Gasteiger partial charge in [0.15, 0.2) is 5.65 Å². The van der Waals surface area contributed by atoms with Crippen LogP contribution in [0.25, 0.3) is 27.5 Å². The zero-order valence-corrected chi connectivity index (χ0v) is 23.9. The summed E-state index contributed by atoms with van der Waals surface area (Å²) in [6.45, 7) is 9.17. The van der Waals surface area contributed by atoms with Gasteiger partial charge in [0.1, 0.15) is 11.9 Å². The van der Waals surface area contributed by atoms with E-state index in [1.54, 1.807) is 34.2 Å². The maximum atomic E-state index is 13.4. The van der Waals surface area contributed by atoms with E-state index in [4.69, 9.17) is 9.97 Å². The van der Waals surface area contributed by atoms with Crippen molar-refractivity contribution in [2.24, 2.45) is 0 Å². The molecule has 0 bridgehead atoms. The number of amides is 2. The minimum Gasteiger partial charge on any atom is -0.350 e. The van der Waals surface area contributed by atoms with Crippen molar-refractivity contribution in [2.75, 3.05) is 38.1 Å². The van der Waals surface area contributed by atoms with Gasteiger partial charge in [0, 0.05) is 37.9 Å². The average Bonchev–Trinajstić information content (AvgIpc) is 3.61. The number of anilines is 1. The molecule has 0 radical (unpaired) electrons. The van der Waals surface area contributed by atoms with E-state index in [1.807, 2.05) is 34.7 Å². The maximum Gasteiger partial charge on any atom is 0.268 e. The van der Waals surface area contributed by atoms with Crippen molar-refractivity contribution in [1.29, 1.82) is 0 Å². The summed E-state index contributed by atoms with van der Waals surface area (Å²) in [5, 5.41) is 19.9. The van der Waals surface area contributed by atoms with Crippen LogP contribution >= 0.6 is 11.3 Å². The molecule has 0 spiro atoms. The van der Waals surface area contributed by atoms with E-state index in [-0.39, 0.29) is 11.9 Å². The number of fused-ring (bicyclic) bond motifs is 1. The second-order valence-corrected chi connectivity index (χ2v) is 10.8. The van der Waals surface area contributed by atoms with Gasteiger partial charge in [-0.05, 0) is 56.1 Å². The number of hydroxylamine groups is 2. The lowest BCUT2D eigenvalue weighted by Crippen LogP contribution is -2.56. The zero-order chi connectivity index (χ0) is 28.4. The van der Waals surface area contributed by atoms with Crippen LogP contribution in [0.3, 0.4) is 0 Å². The lowest BCUT2D eigenvalue weighted by molar-refractivity contribution is -0.162. The predicted octanol–water partition coefficient (Wildman–Crippen LogP) is 3.41. The average molecular weight is 563 g/mol. The highest BCUT2D eigenvalue weighted by molar-refractivity contribution is 7.13. The van der Waals surface area contributed by atoms with Crippen LogP contribution < -0.4 is 10.2 Å². The van der Waals surface area contributed by atoms with Gasteiger partial charge < -0.3 is 10.2 Å². The first-order valence-corrected chi connectivity index (χ1v) is 14.3. The monoisotopic (exact) mass is 562 g/mol. The Labute approximate surface area is 237 Å². The fourth-order valence-electron chi connectivity index (χ4n) is 5.00. The Bertz CT molecular complexity index is 1500. The summed E-state index contributed by atoms with van der Waals surface area (Å²) in [4.78, 5) is 40.8. The molecule has 2 atom stereocenters. The third kappa shape index (κ3) is 5.42. The quantitative estimate of drug-likeness (QED) is 0.223. The highest BCUT2D eigenvalue weighted by Crippen LogP contribution is 2.32. The summed E-state index contributed by atoms with van der Waals surface area (Å²) in [5.74, 6) is -0.161. The van der Waals surface area contributed by atoms with Crippen molar-refractivity contribution >= 4 is 34.6 Å². The molecule has 5 heterocycles. The summed E-state index contributed by atoms with van der Waals surface area (Å²) in [6, 6.07) is 8.98. The minimum atomic E-state index is -0.552. The van der Waals surface area contributed by atoms with E-state index in [0.717, 1.165) is 23.7 Å². The van der Waals surface area contributed by atoms with E-state index in [0.29, 0.717) is 52.9 Å². The van der Waals surface area contributed by atoms with Crippen LogP contribution in [0.5, 0.6) is 0 Å². The first-order chi connectivity index (χ1) is 19.3. The van der Waals surface area contributed by atoms with Crippen LogP contribution in [0.2, 0.25) is 0 Å². The standard InChI is InChI=1S/C28H34N8O3S/c1-5-34(6-2)18(3)16-29-27(37)19-14-22(31-25(15-19)35-11-10-23(35)28(38)33(4)39)20-17-30-36-12-9-21(32-26(20)36)24-8-7-13-40-24/h7-9,12-15,17-18,23,39H,5-6,10-11,16H2,1-4H3,(H,29,37). The number of nitrogens with zero attached hydrogens (tertiary/aromatic N) is 7. The van der Waals surface area contributed by atoms with Gasteiger partial charge in [-0.25, -0.2) is 19.5 Å². The number of carbonyl (C=O) groups excluding carboxylic acids is 2. The molecule has 210 valence electrons. The van der Waals surface area contributed by atoms with Gasteiger partial charge in [-0.1, -0.05) is 19.9 Å². The summed E-state index contributed by atoms with van der Waals surface area (Å²) in [5.41, 5.74) is 3.07. The first-order valence-electron chi connectivity index (χ1n) is 13.5. The lowest BCUT2D eigenvalue weighted by Gasteiger charge is -2.41. The molecule has 4 aromatic rings. The Morgan fingerprint density at radius 1 is 1.20 bits per heavy atom. The summed E-state index contributed by atoms with van der Waals surface area (Å²) < 4.78 is 1.68. The van der Waals surface area contributed by atoms with E-state index in [9.17, 15) is 14.8 Å². The molecule has 4 aromatic heterocycles. The molecule has 12 heteroatoms. The Hall–Kier alpha value is -3.87. The number of pyridine rings is 1. The van der Waals surface area contributed by atoms with Crippen LogP contribution in [-0.2, 0) is 4.79 Å². The Morgan fingerprint density at radius 2 is 2.00 bits per heavy atom. The molecule has 0 aliphatic carbocycles. The van der Waals surface area contributed by atoms with Crippen molar-refractivity contribution in [3.63, 3.8) is 0 Å². The molecule has 0 aromatic carbocycles. The van der Waals surface area contributed by atoms with Crippen molar-refractivity contribution in [3.05, 3.63) is 53.7 Å². The first kappa shape index (κ1) is 27.7. The second kappa shape index (κ2) is 11.7. The third-order valence-electron chi connectivity index (χ3n) is 7.40. The molecule has 2 unspecified atom stereocenters. The Morgan fingerprint density at radius 3 is 2.65 bits per heavy atom. The normalized spacial score (nSPS) is 15.8. The SMILES string of the molecule is CCN(CC)C(C)CNC(=O)c1cc(-c2cnn3ccc(-c4cccs4)nc23)nc(N2CCC2C(=O)N(C)O)c1. The third-order valence-corrected chi connectivity index (χ3v) is 8.30. The Kier molecular flexibility index (Phi) is 8.10. The van der Waals surface area contributed by atoms with Crippen LogP contribution in [0.1, 0.15) is 37.6 Å².